The average Bonchev–Trinajstić information content (AvgIpc) is 1.69. The summed E-state index contributed by atoms with van der Waals surface area (Å²) in [5.74, 6) is 0. The van der Waals surface area contributed by atoms with E-state index in [2.05, 4.69) is 20.4 Å². The Morgan fingerprint density at radius 1 is 1.33 bits per heavy atom. The van der Waals surface area contributed by atoms with E-state index in [1.165, 1.54) is 12.5 Å². The molecular formula is C8H22O. The number of hydrogen-bond donors (Lipinski definition) is 1. The van der Waals surface area contributed by atoms with Crippen LogP contribution in [-0.2, 0) is 0 Å². The molecular weight excluding hydrogens is 112 g/mol. The van der Waals surface area contributed by atoms with Crippen molar-refractivity contribution < 1.29 is 5.11 Å². The van der Waals surface area contributed by atoms with E-state index in [9.17, 15) is 0 Å². The van der Waals surface area contributed by atoms with Crippen molar-refractivity contribution in [2.45, 2.75) is 35.1 Å². The van der Waals surface area contributed by atoms with Crippen LogP contribution in [0.15, 0.2) is 12.7 Å². The van der Waals surface area contributed by atoms with Gasteiger partial charge in [-0.05, 0) is 0 Å². The molecule has 1 nitrogen and oxygen atoms in total. The first-order valence-electron chi connectivity index (χ1n) is 2.55. The van der Waals surface area contributed by atoms with Crippen molar-refractivity contribution in [1.29, 1.82) is 0 Å². The van der Waals surface area contributed by atoms with Crippen LogP contribution < -0.4 is 0 Å². The van der Waals surface area contributed by atoms with Crippen LogP contribution in [0.4, 0.5) is 0 Å². The topological polar surface area (TPSA) is 20.2 Å². The number of hydrogen-bond acceptors (Lipinski definition) is 1. The Morgan fingerprint density at radius 3 is 1.44 bits per heavy atom. The minimum Gasteiger partial charge on any atom is -0.392 e. The molecule has 0 radical (unpaired) electrons. The van der Waals surface area contributed by atoms with E-state index in [-0.39, 0.29) is 21.5 Å². The van der Waals surface area contributed by atoms with E-state index in [1.807, 2.05) is 0 Å². The Kier molecular flexibility index (Phi) is 123. The van der Waals surface area contributed by atoms with Gasteiger partial charge in [0.25, 0.3) is 0 Å². The molecule has 0 aliphatic carbocycles. The van der Waals surface area contributed by atoms with Crippen molar-refractivity contribution in [2.75, 3.05) is 6.61 Å². The number of rotatable bonds is 1. The molecule has 0 saturated carbocycles. The van der Waals surface area contributed by atoms with Crippen molar-refractivity contribution in [1.82, 2.24) is 0 Å². The summed E-state index contributed by atoms with van der Waals surface area (Å²) in [5.41, 5.74) is 0. The highest BCUT2D eigenvalue weighted by molar-refractivity contribution is 4.60. The summed E-state index contributed by atoms with van der Waals surface area (Å²) in [6.07, 6.45) is 2.68. The van der Waals surface area contributed by atoms with Gasteiger partial charge in [0.2, 0.25) is 0 Å². The summed E-state index contributed by atoms with van der Waals surface area (Å²) in [6.45, 7) is 7.56. The standard InChI is InChI=1S/C3H6O.C3H8.2CH4/c1-2-3-4;1-3-2;;/h2,4H,1,3H2;3H2,1-2H3;2*1H4. The van der Waals surface area contributed by atoms with Crippen LogP contribution in [0.2, 0.25) is 0 Å². The number of aliphatic hydroxyl groups is 1. The third-order valence-electron chi connectivity index (χ3n) is 0.129. The molecule has 0 aliphatic rings. The normalized spacial score (nSPS) is 4.78. The first kappa shape index (κ1) is 23.4. The zero-order valence-electron chi connectivity index (χ0n) is 5.15. The van der Waals surface area contributed by atoms with Gasteiger partial charge in [-0.15, -0.1) is 6.58 Å². The van der Waals surface area contributed by atoms with Gasteiger partial charge in [-0.1, -0.05) is 41.2 Å². The smallest absolute Gasteiger partial charge is 0.0609 e. The fourth-order valence-electron chi connectivity index (χ4n) is 0. The molecule has 0 heterocycles. The van der Waals surface area contributed by atoms with Crippen LogP contribution in [-0.4, -0.2) is 11.7 Å². The lowest BCUT2D eigenvalue weighted by Crippen LogP contribution is -1.62. The highest BCUT2D eigenvalue weighted by atomic mass is 16.2. The van der Waals surface area contributed by atoms with Crippen LogP contribution in [0.25, 0.3) is 0 Å². The minimum absolute atomic E-state index is 0. The fraction of sp³-hybridized carbons (Fsp3) is 0.750. The van der Waals surface area contributed by atoms with E-state index >= 15 is 0 Å². The molecule has 60 valence electrons. The molecule has 1 N–H and O–H groups in total. The van der Waals surface area contributed by atoms with E-state index in [0.29, 0.717) is 0 Å². The van der Waals surface area contributed by atoms with Crippen LogP contribution >= 0.6 is 0 Å². The van der Waals surface area contributed by atoms with Crippen molar-refractivity contribution in [2.24, 2.45) is 0 Å². The molecule has 1 heteroatoms. The van der Waals surface area contributed by atoms with Gasteiger partial charge in [0.05, 0.1) is 6.61 Å². The van der Waals surface area contributed by atoms with Gasteiger partial charge in [0.15, 0.2) is 0 Å². The quantitative estimate of drug-likeness (QED) is 0.547. The van der Waals surface area contributed by atoms with Gasteiger partial charge >= 0.3 is 0 Å². The predicted molar refractivity (Wildman–Crippen MR) is 46.7 cm³/mol. The summed E-state index contributed by atoms with van der Waals surface area (Å²) in [7, 11) is 0. The zero-order valence-corrected chi connectivity index (χ0v) is 5.15. The van der Waals surface area contributed by atoms with Crippen LogP contribution in [0.1, 0.15) is 35.1 Å². The molecule has 0 unspecified atom stereocenters. The lowest BCUT2D eigenvalue weighted by molar-refractivity contribution is 0.343. The van der Waals surface area contributed by atoms with Crippen LogP contribution in [0, 0.1) is 0 Å². The Morgan fingerprint density at radius 2 is 1.44 bits per heavy atom. The van der Waals surface area contributed by atoms with Crippen molar-refractivity contribution in [3.63, 3.8) is 0 Å². The molecule has 0 aromatic heterocycles. The second kappa shape index (κ2) is 47.4. The Balaban J connectivity index is -0.0000000233. The Bertz CT molecular complexity index is 25.7. The predicted octanol–water partition coefficient (Wildman–Crippen LogP) is 2.85. The molecule has 0 aromatic carbocycles. The van der Waals surface area contributed by atoms with E-state index < -0.39 is 0 Å². The molecule has 0 rings (SSSR count). The first-order valence-corrected chi connectivity index (χ1v) is 2.55. The maximum Gasteiger partial charge on any atom is 0.0609 e. The van der Waals surface area contributed by atoms with Gasteiger partial charge in [-0.2, -0.15) is 0 Å². The molecule has 0 aliphatic heterocycles. The summed E-state index contributed by atoms with van der Waals surface area (Å²) in [4.78, 5) is 0. The van der Waals surface area contributed by atoms with E-state index in [1.54, 1.807) is 0 Å². The molecule has 0 spiro atoms. The van der Waals surface area contributed by atoms with Crippen molar-refractivity contribution in [3.8, 4) is 0 Å². The molecule has 0 saturated heterocycles. The van der Waals surface area contributed by atoms with Crippen molar-refractivity contribution in [3.05, 3.63) is 12.7 Å². The molecule has 0 bridgehead atoms. The molecule has 0 aromatic rings. The summed E-state index contributed by atoms with van der Waals surface area (Å²) >= 11 is 0. The van der Waals surface area contributed by atoms with E-state index in [4.69, 9.17) is 5.11 Å². The van der Waals surface area contributed by atoms with Gasteiger partial charge in [-0.3, -0.25) is 0 Å². The first-order chi connectivity index (χ1) is 3.33. The third kappa shape index (κ3) is 511. The summed E-state index contributed by atoms with van der Waals surface area (Å²) < 4.78 is 0. The monoisotopic (exact) mass is 134 g/mol. The second-order valence-corrected chi connectivity index (χ2v) is 1.18. The third-order valence-corrected chi connectivity index (χ3v) is 0.129. The average molecular weight is 134 g/mol. The lowest BCUT2D eigenvalue weighted by Gasteiger charge is -1.60. The largest absolute Gasteiger partial charge is 0.392 e. The molecule has 0 atom stereocenters. The van der Waals surface area contributed by atoms with Crippen LogP contribution in [0.3, 0.4) is 0 Å². The summed E-state index contributed by atoms with van der Waals surface area (Å²) in [5, 5.41) is 7.76. The Labute approximate surface area is 60.4 Å². The highest BCUT2D eigenvalue weighted by Crippen LogP contribution is 1.56. The van der Waals surface area contributed by atoms with Gasteiger partial charge in [0, 0.05) is 0 Å². The molecule has 0 fully saturated rings. The maximum atomic E-state index is 7.76. The maximum absolute atomic E-state index is 7.76. The van der Waals surface area contributed by atoms with Gasteiger partial charge in [0.1, 0.15) is 0 Å². The van der Waals surface area contributed by atoms with Gasteiger partial charge in [-0.25, -0.2) is 0 Å². The Hall–Kier alpha value is -0.300. The zero-order chi connectivity index (χ0) is 6.12. The number of aliphatic hydroxyl groups excluding tert-OH is 1. The lowest BCUT2D eigenvalue weighted by atomic mass is 10.6. The fourth-order valence-corrected chi connectivity index (χ4v) is 0. The molecule has 0 amide bonds. The van der Waals surface area contributed by atoms with Crippen molar-refractivity contribution >= 4 is 0 Å². The minimum atomic E-state index is 0. The van der Waals surface area contributed by atoms with Crippen LogP contribution in [0.5, 0.6) is 0 Å². The van der Waals surface area contributed by atoms with E-state index in [0.717, 1.165) is 0 Å². The van der Waals surface area contributed by atoms with Gasteiger partial charge < -0.3 is 5.11 Å². The SMILES string of the molecule is C.C.C=CCO.CCC. The molecule has 9 heavy (non-hydrogen) atoms. The highest BCUT2D eigenvalue weighted by Gasteiger charge is 1.45. The second-order valence-electron chi connectivity index (χ2n) is 1.18. The summed E-state index contributed by atoms with van der Waals surface area (Å²) in [6, 6.07) is 0.